The van der Waals surface area contributed by atoms with Gasteiger partial charge in [0.05, 0.1) is 23.7 Å². The van der Waals surface area contributed by atoms with E-state index < -0.39 is 0 Å². The number of carbonyl (C=O) groups excluding carboxylic acids is 1. The number of amides is 1. The number of likely N-dealkylation sites (N-methyl/N-ethyl adjacent to an activating group) is 2. The van der Waals surface area contributed by atoms with Gasteiger partial charge < -0.3 is 34.7 Å². The fraction of sp³-hybridized carbons (Fsp3) is 0.364. The van der Waals surface area contributed by atoms with Crippen LogP contribution >= 0.6 is 0 Å². The van der Waals surface area contributed by atoms with Crippen LogP contribution in [0.25, 0.3) is 11.0 Å². The van der Waals surface area contributed by atoms with Crippen molar-refractivity contribution in [1.29, 1.82) is 0 Å². The Hall–Kier alpha value is -3.86. The molecule has 3 heterocycles. The molecule has 0 fully saturated rings. The molecule has 1 aromatic carbocycles. The lowest BCUT2D eigenvalue weighted by molar-refractivity contribution is -0.132. The third kappa shape index (κ3) is 4.98. The van der Waals surface area contributed by atoms with Crippen molar-refractivity contribution in [2.75, 3.05) is 59.3 Å². The van der Waals surface area contributed by atoms with Crippen molar-refractivity contribution >= 4 is 34.7 Å². The SMILES string of the molecule is COc1ccc2cc1OCC(=O)N(C)CCN(C)CCNc1ncnc3[nH]c(O)c(c13)C=N2. The molecule has 0 aliphatic carbocycles. The maximum atomic E-state index is 12.5. The summed E-state index contributed by atoms with van der Waals surface area (Å²) in [6.45, 7) is 2.49. The molecule has 0 spiro atoms. The number of nitrogens with one attached hydrogen (secondary N) is 2. The number of carbonyl (C=O) groups is 1. The zero-order valence-electron chi connectivity index (χ0n) is 18.8. The van der Waals surface area contributed by atoms with E-state index in [-0.39, 0.29) is 18.4 Å². The topological polar surface area (TPSA) is 128 Å². The number of ether oxygens (including phenoxy) is 2. The largest absolute Gasteiger partial charge is 0.494 e. The molecule has 4 rings (SSSR count). The minimum atomic E-state index is -0.135. The van der Waals surface area contributed by atoms with Crippen molar-refractivity contribution in [1.82, 2.24) is 24.8 Å². The quantitative estimate of drug-likeness (QED) is 0.507. The van der Waals surface area contributed by atoms with Crippen molar-refractivity contribution < 1.29 is 19.4 Å². The monoisotopic (exact) mass is 453 g/mol. The van der Waals surface area contributed by atoms with Crippen LogP contribution in [0.15, 0.2) is 29.5 Å². The predicted molar refractivity (Wildman–Crippen MR) is 125 cm³/mol. The zero-order valence-corrected chi connectivity index (χ0v) is 18.8. The van der Waals surface area contributed by atoms with Gasteiger partial charge >= 0.3 is 0 Å². The number of hydrogen-bond donors (Lipinski definition) is 3. The second kappa shape index (κ2) is 9.74. The van der Waals surface area contributed by atoms with Crippen LogP contribution in [0, 0.1) is 0 Å². The molecular weight excluding hydrogens is 426 g/mol. The maximum absolute atomic E-state index is 12.5. The molecule has 2 aromatic heterocycles. The Morgan fingerprint density at radius 2 is 2.03 bits per heavy atom. The second-order valence-electron chi connectivity index (χ2n) is 7.76. The molecular formula is C22H27N7O4. The molecule has 3 N–H and O–H groups in total. The van der Waals surface area contributed by atoms with E-state index in [2.05, 4.69) is 30.2 Å². The van der Waals surface area contributed by atoms with Gasteiger partial charge in [-0.25, -0.2) is 9.97 Å². The van der Waals surface area contributed by atoms with Gasteiger partial charge in [-0.15, -0.1) is 0 Å². The molecule has 2 bridgehead atoms. The molecule has 0 atom stereocenters. The van der Waals surface area contributed by atoms with Crippen LogP contribution in [0.1, 0.15) is 5.56 Å². The number of nitrogens with zero attached hydrogens (tertiary/aromatic N) is 5. The highest BCUT2D eigenvalue weighted by atomic mass is 16.5. The Morgan fingerprint density at radius 1 is 1.18 bits per heavy atom. The fourth-order valence-electron chi connectivity index (χ4n) is 3.46. The molecule has 1 aliphatic heterocycles. The molecule has 0 saturated carbocycles. The number of fused-ring (bicyclic) bond motifs is 2. The zero-order chi connectivity index (χ0) is 23.4. The summed E-state index contributed by atoms with van der Waals surface area (Å²) in [5.74, 6) is 1.30. The smallest absolute Gasteiger partial charge is 0.260 e. The number of benzene rings is 1. The van der Waals surface area contributed by atoms with Gasteiger partial charge in [0, 0.05) is 45.5 Å². The normalized spacial score (nSPS) is 16.1. The van der Waals surface area contributed by atoms with Gasteiger partial charge in [0.1, 0.15) is 17.8 Å². The van der Waals surface area contributed by atoms with E-state index in [4.69, 9.17) is 9.47 Å². The van der Waals surface area contributed by atoms with Crippen molar-refractivity contribution in [3.63, 3.8) is 0 Å². The van der Waals surface area contributed by atoms with E-state index in [1.54, 1.807) is 36.4 Å². The van der Waals surface area contributed by atoms with E-state index in [1.807, 2.05) is 7.05 Å². The number of aromatic amines is 1. The maximum Gasteiger partial charge on any atom is 0.260 e. The van der Waals surface area contributed by atoms with Gasteiger partial charge in [0.2, 0.25) is 0 Å². The first-order valence-electron chi connectivity index (χ1n) is 10.5. The van der Waals surface area contributed by atoms with Crippen LogP contribution in [-0.2, 0) is 4.79 Å². The molecule has 11 nitrogen and oxygen atoms in total. The number of rotatable bonds is 1. The second-order valence-corrected chi connectivity index (χ2v) is 7.76. The van der Waals surface area contributed by atoms with Gasteiger partial charge in [-0.1, -0.05) is 0 Å². The Morgan fingerprint density at radius 3 is 2.85 bits per heavy atom. The van der Waals surface area contributed by atoms with Crippen molar-refractivity contribution in [2.24, 2.45) is 4.99 Å². The van der Waals surface area contributed by atoms with Crippen LogP contribution < -0.4 is 14.8 Å². The number of aromatic hydroxyl groups is 1. The Balaban J connectivity index is 1.73. The summed E-state index contributed by atoms with van der Waals surface area (Å²) in [5.41, 5.74) is 1.54. The number of anilines is 1. The number of hydrogen-bond acceptors (Lipinski definition) is 9. The van der Waals surface area contributed by atoms with Crippen molar-refractivity contribution in [3.8, 4) is 17.4 Å². The highest BCUT2D eigenvalue weighted by Crippen LogP contribution is 2.33. The highest BCUT2D eigenvalue weighted by molar-refractivity contribution is 6.06. The highest BCUT2D eigenvalue weighted by Gasteiger charge is 2.17. The van der Waals surface area contributed by atoms with Gasteiger partial charge in [-0.3, -0.25) is 9.79 Å². The first kappa shape index (κ1) is 22.3. The summed E-state index contributed by atoms with van der Waals surface area (Å²) < 4.78 is 11.1. The Labute approximate surface area is 191 Å². The number of methoxy groups -OCH3 is 1. The third-order valence-corrected chi connectivity index (χ3v) is 5.48. The first-order chi connectivity index (χ1) is 16.0. The summed E-state index contributed by atoms with van der Waals surface area (Å²) in [4.78, 5) is 32.2. The summed E-state index contributed by atoms with van der Waals surface area (Å²) in [7, 11) is 5.28. The summed E-state index contributed by atoms with van der Waals surface area (Å²) in [5, 5.41) is 14.4. The third-order valence-electron chi connectivity index (χ3n) is 5.48. The number of aromatic nitrogens is 3. The number of H-pyrrole nitrogens is 1. The van der Waals surface area contributed by atoms with Crippen LogP contribution in [0.4, 0.5) is 11.5 Å². The van der Waals surface area contributed by atoms with Crippen LogP contribution in [0.5, 0.6) is 17.4 Å². The average molecular weight is 454 g/mol. The summed E-state index contributed by atoms with van der Waals surface area (Å²) in [6.07, 6.45) is 2.98. The van der Waals surface area contributed by atoms with Gasteiger partial charge in [0.15, 0.2) is 24.0 Å². The lowest BCUT2D eigenvalue weighted by Gasteiger charge is -2.22. The molecule has 0 saturated heterocycles. The predicted octanol–water partition coefficient (Wildman–Crippen LogP) is 1.62. The Bertz CT molecular complexity index is 1180. The lowest BCUT2D eigenvalue weighted by Crippen LogP contribution is -2.38. The first-order valence-corrected chi connectivity index (χ1v) is 10.5. The molecule has 33 heavy (non-hydrogen) atoms. The minimum Gasteiger partial charge on any atom is -0.494 e. The lowest BCUT2D eigenvalue weighted by atomic mass is 10.2. The molecule has 1 aliphatic rings. The summed E-state index contributed by atoms with van der Waals surface area (Å²) in [6, 6.07) is 5.15. The van der Waals surface area contributed by atoms with Gasteiger partial charge in [0.25, 0.3) is 5.91 Å². The van der Waals surface area contributed by atoms with E-state index in [9.17, 15) is 9.90 Å². The van der Waals surface area contributed by atoms with Crippen LogP contribution in [0.3, 0.4) is 0 Å². The van der Waals surface area contributed by atoms with E-state index in [0.717, 1.165) is 6.54 Å². The van der Waals surface area contributed by atoms with Gasteiger partial charge in [-0.2, -0.15) is 0 Å². The van der Waals surface area contributed by atoms with Crippen molar-refractivity contribution in [3.05, 3.63) is 30.1 Å². The molecule has 3 aromatic rings. The number of aliphatic imine (C=N–C) groups is 1. The van der Waals surface area contributed by atoms with Crippen LogP contribution in [0.2, 0.25) is 0 Å². The van der Waals surface area contributed by atoms with E-state index in [1.165, 1.54) is 13.4 Å². The van der Waals surface area contributed by atoms with Gasteiger partial charge in [-0.05, 0) is 19.2 Å². The molecule has 11 heteroatoms. The van der Waals surface area contributed by atoms with E-state index >= 15 is 0 Å². The molecule has 174 valence electrons. The van der Waals surface area contributed by atoms with E-state index in [0.29, 0.717) is 59.2 Å². The average Bonchev–Trinajstić information content (AvgIpc) is 3.14. The van der Waals surface area contributed by atoms with Crippen LogP contribution in [-0.4, -0.2) is 96.0 Å². The molecule has 0 radical (unpaired) electrons. The molecule has 0 unspecified atom stereocenters. The minimum absolute atomic E-state index is 0.0533. The standard InChI is InChI=1S/C22H27N7O4/c1-28-7-6-23-20-19-15(22(31)27-21(19)26-13-25-20)11-24-14-4-5-16(32-3)17(10-14)33-12-18(30)29(2)9-8-28/h4-5,10-11,13,31H,6-9,12H2,1-3H3,(H2,23,25,26,27). The Kier molecular flexibility index (Phi) is 6.59. The summed E-state index contributed by atoms with van der Waals surface area (Å²) >= 11 is 0. The van der Waals surface area contributed by atoms with Crippen molar-refractivity contribution in [2.45, 2.75) is 0 Å². The molecule has 1 amide bonds. The fourth-order valence-corrected chi connectivity index (χ4v) is 3.46.